The number of carbonyl (C=O) groups excluding carboxylic acids is 1. The first-order valence-electron chi connectivity index (χ1n) is 7.93. The van der Waals surface area contributed by atoms with Gasteiger partial charge in [0.1, 0.15) is 0 Å². The molecule has 2 fully saturated rings. The topological polar surface area (TPSA) is 32.3 Å². The van der Waals surface area contributed by atoms with Gasteiger partial charge in [-0.15, -0.1) is 12.4 Å². The summed E-state index contributed by atoms with van der Waals surface area (Å²) in [6.07, 6.45) is 6.29. The van der Waals surface area contributed by atoms with E-state index in [0.717, 1.165) is 25.4 Å². The van der Waals surface area contributed by atoms with Crippen molar-refractivity contribution in [1.29, 1.82) is 0 Å². The van der Waals surface area contributed by atoms with Gasteiger partial charge in [-0.05, 0) is 36.3 Å². The summed E-state index contributed by atoms with van der Waals surface area (Å²) in [4.78, 5) is 14.8. The molecule has 1 aromatic rings. The van der Waals surface area contributed by atoms with Gasteiger partial charge in [0, 0.05) is 19.1 Å². The molecule has 4 heteroatoms. The number of hydrogen-bond donors (Lipinski definition) is 1. The minimum Gasteiger partial charge on any atom is -0.333 e. The van der Waals surface area contributed by atoms with Gasteiger partial charge >= 0.3 is 0 Å². The third-order valence-corrected chi connectivity index (χ3v) is 5.31. The zero-order valence-corrected chi connectivity index (χ0v) is 13.1. The Kier molecular flexibility index (Phi) is 4.23. The zero-order valence-electron chi connectivity index (χ0n) is 12.3. The lowest BCUT2D eigenvalue weighted by Crippen LogP contribution is -2.43. The quantitative estimate of drug-likeness (QED) is 0.865. The van der Waals surface area contributed by atoms with Gasteiger partial charge in [-0.25, -0.2) is 0 Å². The van der Waals surface area contributed by atoms with Gasteiger partial charge in [0.2, 0.25) is 5.91 Å². The van der Waals surface area contributed by atoms with Gasteiger partial charge in [0.05, 0.1) is 6.04 Å². The van der Waals surface area contributed by atoms with Crippen molar-refractivity contribution in [3.63, 3.8) is 0 Å². The third-order valence-electron chi connectivity index (χ3n) is 5.31. The number of amides is 1. The smallest absolute Gasteiger partial charge is 0.240 e. The second-order valence-electron chi connectivity index (χ2n) is 6.57. The Morgan fingerprint density at radius 3 is 2.43 bits per heavy atom. The molecule has 2 aliphatic heterocycles. The van der Waals surface area contributed by atoms with Gasteiger partial charge in [0.25, 0.3) is 0 Å². The molecule has 0 radical (unpaired) electrons. The van der Waals surface area contributed by atoms with Crippen molar-refractivity contribution in [2.24, 2.45) is 5.92 Å². The molecule has 1 amide bonds. The Morgan fingerprint density at radius 2 is 1.76 bits per heavy atom. The number of hydrogen-bond acceptors (Lipinski definition) is 2. The third kappa shape index (κ3) is 2.69. The van der Waals surface area contributed by atoms with Crippen LogP contribution in [0.5, 0.6) is 0 Å². The molecule has 2 heterocycles. The van der Waals surface area contributed by atoms with E-state index in [9.17, 15) is 4.79 Å². The summed E-state index contributed by atoms with van der Waals surface area (Å²) in [6, 6.07) is 9.08. The van der Waals surface area contributed by atoms with Crippen LogP contribution in [0.25, 0.3) is 0 Å². The van der Waals surface area contributed by atoms with E-state index in [0.29, 0.717) is 11.9 Å². The Bertz CT molecular complexity index is 494. The summed E-state index contributed by atoms with van der Waals surface area (Å²) in [5.74, 6) is 1.05. The predicted octanol–water partition coefficient (Wildman–Crippen LogP) is 2.87. The average Bonchev–Trinajstić information content (AvgIpc) is 3.10. The summed E-state index contributed by atoms with van der Waals surface area (Å²) in [7, 11) is 0. The molecular weight excluding hydrogens is 284 g/mol. The van der Waals surface area contributed by atoms with Crippen LogP contribution in [-0.2, 0) is 17.9 Å². The van der Waals surface area contributed by atoms with Crippen molar-refractivity contribution in [2.45, 2.75) is 57.3 Å². The van der Waals surface area contributed by atoms with Crippen molar-refractivity contribution in [3.8, 4) is 0 Å². The first-order chi connectivity index (χ1) is 9.81. The van der Waals surface area contributed by atoms with Crippen molar-refractivity contribution in [3.05, 3.63) is 35.4 Å². The Balaban J connectivity index is 0.00000132. The van der Waals surface area contributed by atoms with Crippen molar-refractivity contribution in [2.75, 3.05) is 0 Å². The van der Waals surface area contributed by atoms with Gasteiger partial charge in [-0.1, -0.05) is 37.1 Å². The van der Waals surface area contributed by atoms with E-state index in [4.69, 9.17) is 0 Å². The fraction of sp³-hybridized carbons (Fsp3) is 0.588. The zero-order chi connectivity index (χ0) is 13.5. The lowest BCUT2D eigenvalue weighted by atomic mass is 9.85. The molecule has 1 aliphatic carbocycles. The van der Waals surface area contributed by atoms with Crippen LogP contribution in [0.3, 0.4) is 0 Å². The Hall–Kier alpha value is -1.06. The lowest BCUT2D eigenvalue weighted by molar-refractivity contribution is -0.133. The largest absolute Gasteiger partial charge is 0.333 e. The van der Waals surface area contributed by atoms with Crippen LogP contribution in [0.1, 0.15) is 43.2 Å². The minimum atomic E-state index is 0. The van der Waals surface area contributed by atoms with E-state index in [2.05, 4.69) is 29.6 Å². The number of halogens is 1. The molecule has 0 bridgehead atoms. The SMILES string of the molecule is Cl.O=C(C1CC2CCCCC2N1)N1Cc2ccccc2C1. The highest BCUT2D eigenvalue weighted by Crippen LogP contribution is 2.34. The second kappa shape index (κ2) is 5.98. The van der Waals surface area contributed by atoms with Crippen LogP contribution < -0.4 is 5.32 Å². The number of rotatable bonds is 1. The maximum atomic E-state index is 12.7. The molecule has 4 rings (SSSR count). The average molecular weight is 307 g/mol. The maximum Gasteiger partial charge on any atom is 0.240 e. The van der Waals surface area contributed by atoms with Crippen molar-refractivity contribution in [1.82, 2.24) is 10.2 Å². The molecule has 1 saturated carbocycles. The van der Waals surface area contributed by atoms with Crippen molar-refractivity contribution < 1.29 is 4.79 Å². The fourth-order valence-electron chi connectivity index (χ4n) is 4.22. The van der Waals surface area contributed by atoms with E-state index in [1.807, 2.05) is 4.90 Å². The first-order valence-corrected chi connectivity index (χ1v) is 7.93. The monoisotopic (exact) mass is 306 g/mol. The Labute approximate surface area is 132 Å². The van der Waals surface area contributed by atoms with E-state index in [1.165, 1.54) is 36.8 Å². The second-order valence-corrected chi connectivity index (χ2v) is 6.57. The maximum absolute atomic E-state index is 12.7. The van der Waals surface area contributed by atoms with E-state index in [1.54, 1.807) is 0 Å². The van der Waals surface area contributed by atoms with E-state index >= 15 is 0 Å². The van der Waals surface area contributed by atoms with Crippen LogP contribution in [-0.4, -0.2) is 22.9 Å². The first kappa shape index (κ1) is 14.9. The van der Waals surface area contributed by atoms with Crippen LogP contribution in [0.15, 0.2) is 24.3 Å². The molecule has 3 aliphatic rings. The number of nitrogens with one attached hydrogen (secondary N) is 1. The summed E-state index contributed by atoms with van der Waals surface area (Å²) in [5, 5.41) is 3.61. The number of benzene rings is 1. The molecule has 0 aromatic heterocycles. The molecule has 114 valence electrons. The molecule has 21 heavy (non-hydrogen) atoms. The molecule has 1 N–H and O–H groups in total. The molecule has 3 nitrogen and oxygen atoms in total. The van der Waals surface area contributed by atoms with Gasteiger partial charge < -0.3 is 10.2 Å². The van der Waals surface area contributed by atoms with Crippen LogP contribution in [0, 0.1) is 5.92 Å². The molecule has 3 atom stereocenters. The predicted molar refractivity (Wildman–Crippen MR) is 85.2 cm³/mol. The summed E-state index contributed by atoms with van der Waals surface area (Å²) >= 11 is 0. The van der Waals surface area contributed by atoms with Crippen LogP contribution in [0.2, 0.25) is 0 Å². The number of nitrogens with zero attached hydrogens (tertiary/aromatic N) is 1. The molecule has 3 unspecified atom stereocenters. The highest BCUT2D eigenvalue weighted by atomic mass is 35.5. The van der Waals surface area contributed by atoms with Gasteiger partial charge in [-0.2, -0.15) is 0 Å². The summed E-state index contributed by atoms with van der Waals surface area (Å²) in [5.41, 5.74) is 2.63. The standard InChI is InChI=1S/C17H22N2O.ClH/c20-17(16-9-12-5-3-4-8-15(12)18-16)19-10-13-6-1-2-7-14(13)11-19;/h1-2,6-7,12,15-16,18H,3-5,8-11H2;1H. The number of fused-ring (bicyclic) bond motifs is 2. The van der Waals surface area contributed by atoms with Crippen molar-refractivity contribution >= 4 is 18.3 Å². The highest BCUT2D eigenvalue weighted by Gasteiger charge is 2.40. The summed E-state index contributed by atoms with van der Waals surface area (Å²) < 4.78 is 0. The molecule has 1 aromatic carbocycles. The Morgan fingerprint density at radius 1 is 1.10 bits per heavy atom. The lowest BCUT2D eigenvalue weighted by Gasteiger charge is -2.24. The normalized spacial score (nSPS) is 30.5. The van der Waals surface area contributed by atoms with Gasteiger partial charge in [-0.3, -0.25) is 4.79 Å². The molecular formula is C17H23ClN2O. The van der Waals surface area contributed by atoms with Crippen LogP contribution in [0.4, 0.5) is 0 Å². The van der Waals surface area contributed by atoms with Crippen LogP contribution >= 0.6 is 12.4 Å². The van der Waals surface area contributed by atoms with Gasteiger partial charge in [0.15, 0.2) is 0 Å². The number of carbonyl (C=O) groups is 1. The minimum absolute atomic E-state index is 0. The highest BCUT2D eigenvalue weighted by molar-refractivity contribution is 5.85. The van der Waals surface area contributed by atoms with E-state index in [-0.39, 0.29) is 18.4 Å². The summed E-state index contributed by atoms with van der Waals surface area (Å²) in [6.45, 7) is 1.59. The molecule has 1 saturated heterocycles. The van der Waals surface area contributed by atoms with E-state index < -0.39 is 0 Å². The fourth-order valence-corrected chi connectivity index (χ4v) is 4.22. The molecule has 0 spiro atoms.